The van der Waals surface area contributed by atoms with Gasteiger partial charge in [-0.2, -0.15) is 4.31 Å². The third-order valence-corrected chi connectivity index (χ3v) is 5.28. The molecule has 100 valence electrons. The second kappa shape index (κ2) is 4.87. The highest BCUT2D eigenvalue weighted by molar-refractivity contribution is 7.89. The molecular formula is C12H17NO4S. The van der Waals surface area contributed by atoms with E-state index in [9.17, 15) is 13.5 Å². The third kappa shape index (κ3) is 2.23. The average Bonchev–Trinajstić information content (AvgIpc) is 2.34. The Bertz CT molecular complexity index is 523. The summed E-state index contributed by atoms with van der Waals surface area (Å²) in [5, 5.41) is 9.26. The molecule has 0 bridgehead atoms. The summed E-state index contributed by atoms with van der Waals surface area (Å²) in [7, 11) is -0.582. The molecule has 1 aromatic carbocycles. The molecule has 1 fully saturated rings. The third-order valence-electron chi connectivity index (χ3n) is 3.33. The Labute approximate surface area is 107 Å². The highest BCUT2D eigenvalue weighted by atomic mass is 32.2. The van der Waals surface area contributed by atoms with Crippen LogP contribution in [0.1, 0.15) is 12.8 Å². The van der Waals surface area contributed by atoms with Crippen LogP contribution >= 0.6 is 0 Å². The molecule has 5 nitrogen and oxygen atoms in total. The molecule has 0 radical (unpaired) electrons. The summed E-state index contributed by atoms with van der Waals surface area (Å²) in [5.41, 5.74) is 0. The lowest BCUT2D eigenvalue weighted by Crippen LogP contribution is -2.47. The molecule has 1 aromatic rings. The number of aliphatic hydroxyl groups is 1. The minimum absolute atomic E-state index is 0.130. The number of para-hydroxylation sites is 1. The zero-order valence-electron chi connectivity index (χ0n) is 10.4. The van der Waals surface area contributed by atoms with E-state index < -0.39 is 10.0 Å². The number of ether oxygens (including phenoxy) is 1. The van der Waals surface area contributed by atoms with Gasteiger partial charge in [0.2, 0.25) is 10.0 Å². The second-order valence-corrected chi connectivity index (χ2v) is 6.42. The number of benzene rings is 1. The fourth-order valence-electron chi connectivity index (χ4n) is 2.04. The lowest BCUT2D eigenvalue weighted by Gasteiger charge is -2.37. The number of hydrogen-bond donors (Lipinski definition) is 1. The maximum absolute atomic E-state index is 12.4. The molecule has 6 heteroatoms. The van der Waals surface area contributed by atoms with Crippen molar-refractivity contribution in [2.75, 3.05) is 14.2 Å². The van der Waals surface area contributed by atoms with Crippen LogP contribution in [0.15, 0.2) is 29.2 Å². The predicted molar refractivity (Wildman–Crippen MR) is 67.0 cm³/mol. The Hall–Kier alpha value is -1.11. The quantitative estimate of drug-likeness (QED) is 0.881. The van der Waals surface area contributed by atoms with Crippen LogP contribution in [0.2, 0.25) is 0 Å². The van der Waals surface area contributed by atoms with E-state index in [2.05, 4.69) is 0 Å². The van der Waals surface area contributed by atoms with Crippen molar-refractivity contribution in [1.29, 1.82) is 0 Å². The predicted octanol–water partition coefficient (Wildman–Crippen LogP) is 0.839. The topological polar surface area (TPSA) is 66.8 Å². The zero-order valence-corrected chi connectivity index (χ0v) is 11.2. The Kier molecular flexibility index (Phi) is 3.61. The van der Waals surface area contributed by atoms with Gasteiger partial charge in [0.25, 0.3) is 0 Å². The summed E-state index contributed by atoms with van der Waals surface area (Å²) < 4.78 is 31.2. The number of methoxy groups -OCH3 is 1. The molecule has 0 spiro atoms. The van der Waals surface area contributed by atoms with Crippen LogP contribution in [0.5, 0.6) is 5.75 Å². The second-order valence-electron chi connectivity index (χ2n) is 4.45. The van der Waals surface area contributed by atoms with Gasteiger partial charge in [0, 0.05) is 13.1 Å². The Morgan fingerprint density at radius 3 is 2.50 bits per heavy atom. The van der Waals surface area contributed by atoms with Gasteiger partial charge in [-0.25, -0.2) is 8.42 Å². The van der Waals surface area contributed by atoms with Crippen LogP contribution in [0.3, 0.4) is 0 Å². The smallest absolute Gasteiger partial charge is 0.246 e. The first-order valence-electron chi connectivity index (χ1n) is 5.76. The van der Waals surface area contributed by atoms with Crippen LogP contribution in [0, 0.1) is 0 Å². The van der Waals surface area contributed by atoms with Crippen LogP contribution < -0.4 is 4.74 Å². The van der Waals surface area contributed by atoms with E-state index >= 15 is 0 Å². The van der Waals surface area contributed by atoms with Gasteiger partial charge in [0.05, 0.1) is 13.2 Å². The van der Waals surface area contributed by atoms with Gasteiger partial charge in [0.15, 0.2) is 0 Å². The summed E-state index contributed by atoms with van der Waals surface area (Å²) in [5.74, 6) is 0.337. The van der Waals surface area contributed by atoms with Crippen LogP contribution in [0.4, 0.5) is 0 Å². The van der Waals surface area contributed by atoms with Crippen molar-refractivity contribution in [1.82, 2.24) is 4.31 Å². The fourth-order valence-corrected chi connectivity index (χ4v) is 3.57. The summed E-state index contributed by atoms with van der Waals surface area (Å²) >= 11 is 0. The van der Waals surface area contributed by atoms with Crippen molar-refractivity contribution < 1.29 is 18.3 Å². The molecule has 0 heterocycles. The molecule has 0 aromatic heterocycles. The normalized spacial score (nSPS) is 23.8. The van der Waals surface area contributed by atoms with Gasteiger partial charge in [-0.15, -0.1) is 0 Å². The number of nitrogens with zero attached hydrogens (tertiary/aromatic N) is 1. The van der Waals surface area contributed by atoms with E-state index in [1.807, 2.05) is 0 Å². The monoisotopic (exact) mass is 271 g/mol. The number of sulfonamides is 1. The Balaban J connectivity index is 2.30. The molecule has 0 atom stereocenters. The van der Waals surface area contributed by atoms with E-state index in [-0.39, 0.29) is 17.0 Å². The summed E-state index contributed by atoms with van der Waals surface area (Å²) in [6.45, 7) is 0. The first-order valence-corrected chi connectivity index (χ1v) is 7.20. The molecule has 2 rings (SSSR count). The molecule has 1 aliphatic rings. The van der Waals surface area contributed by atoms with E-state index in [1.165, 1.54) is 17.5 Å². The molecule has 0 aliphatic heterocycles. The van der Waals surface area contributed by atoms with Crippen molar-refractivity contribution in [3.05, 3.63) is 24.3 Å². The standard InChI is InChI=1S/C12H17NO4S/c1-13(9-7-10(14)8-9)18(15,16)12-6-4-3-5-11(12)17-2/h3-6,9-10,14H,7-8H2,1-2H3. The molecule has 18 heavy (non-hydrogen) atoms. The van der Waals surface area contributed by atoms with Gasteiger partial charge in [-0.05, 0) is 25.0 Å². The molecule has 1 aliphatic carbocycles. The van der Waals surface area contributed by atoms with E-state index in [0.29, 0.717) is 18.6 Å². The summed E-state index contributed by atoms with van der Waals surface area (Å²) in [4.78, 5) is 0.163. The van der Waals surface area contributed by atoms with E-state index in [1.54, 1.807) is 25.2 Å². The van der Waals surface area contributed by atoms with Gasteiger partial charge >= 0.3 is 0 Å². The molecular weight excluding hydrogens is 254 g/mol. The first-order chi connectivity index (χ1) is 8.46. The number of hydrogen-bond acceptors (Lipinski definition) is 4. The lowest BCUT2D eigenvalue weighted by molar-refractivity contribution is 0.0395. The SMILES string of the molecule is COc1ccccc1S(=O)(=O)N(C)C1CC(O)C1. The maximum Gasteiger partial charge on any atom is 0.246 e. The van der Waals surface area contributed by atoms with Gasteiger partial charge < -0.3 is 9.84 Å². The average molecular weight is 271 g/mol. The maximum atomic E-state index is 12.4. The van der Waals surface area contributed by atoms with Crippen molar-refractivity contribution >= 4 is 10.0 Å². The van der Waals surface area contributed by atoms with Crippen molar-refractivity contribution in [2.45, 2.75) is 29.9 Å². The first kappa shape index (κ1) is 13.3. The van der Waals surface area contributed by atoms with E-state index in [0.717, 1.165) is 0 Å². The minimum atomic E-state index is -3.57. The lowest BCUT2D eigenvalue weighted by atomic mass is 9.90. The molecule has 0 saturated heterocycles. The van der Waals surface area contributed by atoms with Crippen molar-refractivity contribution in [3.8, 4) is 5.75 Å². The van der Waals surface area contributed by atoms with Crippen LogP contribution in [0.25, 0.3) is 0 Å². The van der Waals surface area contributed by atoms with E-state index in [4.69, 9.17) is 4.74 Å². The largest absolute Gasteiger partial charge is 0.495 e. The van der Waals surface area contributed by atoms with Gasteiger partial charge in [0.1, 0.15) is 10.6 Å². The molecule has 0 amide bonds. The van der Waals surface area contributed by atoms with Gasteiger partial charge in [-0.3, -0.25) is 0 Å². The zero-order chi connectivity index (χ0) is 13.3. The number of rotatable bonds is 4. The van der Waals surface area contributed by atoms with Crippen LogP contribution in [-0.2, 0) is 10.0 Å². The highest BCUT2D eigenvalue weighted by Crippen LogP contribution is 2.32. The molecule has 1 N–H and O–H groups in total. The fraction of sp³-hybridized carbons (Fsp3) is 0.500. The Morgan fingerprint density at radius 2 is 1.94 bits per heavy atom. The molecule has 1 saturated carbocycles. The summed E-state index contributed by atoms with van der Waals surface area (Å²) in [6, 6.07) is 6.41. The van der Waals surface area contributed by atoms with Crippen molar-refractivity contribution in [3.63, 3.8) is 0 Å². The van der Waals surface area contributed by atoms with Crippen molar-refractivity contribution in [2.24, 2.45) is 0 Å². The van der Waals surface area contributed by atoms with Gasteiger partial charge in [-0.1, -0.05) is 12.1 Å². The summed E-state index contributed by atoms with van der Waals surface area (Å²) in [6.07, 6.45) is 0.598. The Morgan fingerprint density at radius 1 is 1.33 bits per heavy atom. The molecule has 0 unspecified atom stereocenters. The number of aliphatic hydroxyl groups excluding tert-OH is 1. The minimum Gasteiger partial charge on any atom is -0.495 e. The highest BCUT2D eigenvalue weighted by Gasteiger charge is 2.37. The van der Waals surface area contributed by atoms with Crippen LogP contribution in [-0.4, -0.2) is 44.1 Å².